The molecule has 1 amide bonds. The topological polar surface area (TPSA) is 176 Å². The van der Waals surface area contributed by atoms with Gasteiger partial charge in [0.2, 0.25) is 5.91 Å². The molecule has 6 aromatic rings. The highest BCUT2D eigenvalue weighted by Gasteiger charge is 2.31. The first kappa shape index (κ1) is 42.0. The van der Waals surface area contributed by atoms with Crippen molar-refractivity contribution in [2.45, 2.75) is 77.3 Å². The molecule has 1 aliphatic rings. The van der Waals surface area contributed by atoms with Crippen molar-refractivity contribution in [2.24, 2.45) is 17.6 Å². The Morgan fingerprint density at radius 2 is 1.31 bits per heavy atom. The van der Waals surface area contributed by atoms with Gasteiger partial charge in [-0.2, -0.15) is 0 Å². The fourth-order valence-corrected chi connectivity index (χ4v) is 7.67. The summed E-state index contributed by atoms with van der Waals surface area (Å²) in [5, 5.41) is 26.5. The molecule has 2 aromatic heterocycles. The molecular formula is C43H46Cl2N10O3. The van der Waals surface area contributed by atoms with Crippen molar-refractivity contribution in [3.05, 3.63) is 130 Å². The van der Waals surface area contributed by atoms with E-state index in [0.717, 1.165) is 48.2 Å². The Morgan fingerprint density at radius 3 is 1.88 bits per heavy atom. The first-order chi connectivity index (χ1) is 28.0. The molecule has 0 unspecified atom stereocenters. The summed E-state index contributed by atoms with van der Waals surface area (Å²) >= 11 is 12.2. The zero-order valence-corrected chi connectivity index (χ0v) is 33.9. The number of hydrogen-bond donors (Lipinski definition) is 2. The Labute approximate surface area is 347 Å². The van der Waals surface area contributed by atoms with E-state index in [1.807, 2.05) is 30.3 Å². The molecule has 0 radical (unpaired) electrons. The molecule has 300 valence electrons. The number of nitrogens with two attached hydrogens (primary N) is 1. The van der Waals surface area contributed by atoms with Gasteiger partial charge >= 0.3 is 0 Å². The highest BCUT2D eigenvalue weighted by Crippen LogP contribution is 2.36. The third-order valence-electron chi connectivity index (χ3n) is 10.4. The summed E-state index contributed by atoms with van der Waals surface area (Å²) < 4.78 is 3.10. The van der Waals surface area contributed by atoms with E-state index in [-0.39, 0.29) is 29.8 Å². The van der Waals surface area contributed by atoms with Crippen LogP contribution in [-0.4, -0.2) is 70.0 Å². The number of rotatable bonds is 15. The van der Waals surface area contributed by atoms with Gasteiger partial charge in [-0.25, -0.2) is 9.36 Å². The van der Waals surface area contributed by atoms with E-state index in [0.29, 0.717) is 35.2 Å². The Balaban J connectivity index is 0.000000250. The predicted molar refractivity (Wildman–Crippen MR) is 223 cm³/mol. The maximum atomic E-state index is 13.1. The summed E-state index contributed by atoms with van der Waals surface area (Å²) in [6, 6.07) is 28.8. The highest BCUT2D eigenvalue weighted by molar-refractivity contribution is 6.31. The fraction of sp³-hybridized carbons (Fsp3) is 0.326. The van der Waals surface area contributed by atoms with E-state index < -0.39 is 12.1 Å². The molecule has 0 saturated heterocycles. The van der Waals surface area contributed by atoms with Crippen molar-refractivity contribution in [3.8, 4) is 22.5 Å². The van der Waals surface area contributed by atoms with Gasteiger partial charge in [-0.1, -0.05) is 77.8 Å². The molecule has 1 saturated carbocycles. The number of aromatic nitrogens is 8. The van der Waals surface area contributed by atoms with Crippen LogP contribution in [0.2, 0.25) is 10.0 Å². The van der Waals surface area contributed by atoms with Crippen molar-refractivity contribution in [2.75, 3.05) is 0 Å². The molecule has 1 aliphatic carbocycles. The smallest absolute Gasteiger partial charge is 0.223 e. The first-order valence-corrected chi connectivity index (χ1v) is 20.1. The van der Waals surface area contributed by atoms with Crippen molar-refractivity contribution < 1.29 is 14.4 Å². The van der Waals surface area contributed by atoms with Gasteiger partial charge in [0.05, 0.1) is 23.5 Å². The molecule has 0 spiro atoms. The number of halogens is 2. The number of tetrazole rings is 2. The molecular weight excluding hydrogens is 775 g/mol. The second-order valence-corrected chi connectivity index (χ2v) is 15.5. The van der Waals surface area contributed by atoms with Gasteiger partial charge in [0.1, 0.15) is 18.4 Å². The van der Waals surface area contributed by atoms with Crippen LogP contribution in [-0.2, 0) is 33.6 Å². The van der Waals surface area contributed by atoms with Crippen LogP contribution in [0, 0.1) is 11.8 Å². The van der Waals surface area contributed by atoms with Gasteiger partial charge in [0.25, 0.3) is 0 Å². The normalized spacial score (nSPS) is 15.9. The third kappa shape index (κ3) is 11.3. The Morgan fingerprint density at radius 1 is 0.741 bits per heavy atom. The average molecular weight is 822 g/mol. The van der Waals surface area contributed by atoms with Crippen LogP contribution in [0.15, 0.2) is 104 Å². The van der Waals surface area contributed by atoms with Gasteiger partial charge in [-0.3, -0.25) is 14.4 Å². The van der Waals surface area contributed by atoms with Crippen LogP contribution in [0.3, 0.4) is 0 Å². The highest BCUT2D eigenvalue weighted by atomic mass is 35.5. The molecule has 4 aromatic carbocycles. The van der Waals surface area contributed by atoms with Crippen LogP contribution < -0.4 is 11.1 Å². The number of nitrogens with one attached hydrogen (secondary N) is 1. The summed E-state index contributed by atoms with van der Waals surface area (Å²) in [7, 11) is 0. The fourth-order valence-electron chi connectivity index (χ4n) is 7.28. The summed E-state index contributed by atoms with van der Waals surface area (Å²) in [6.45, 7) is 3.45. The van der Waals surface area contributed by atoms with E-state index in [2.05, 4.69) is 84.9 Å². The molecule has 2 heterocycles. The number of Topliss-reactive ketones (excluding diaryl/α,β-unsaturated/α-hetero) is 2. The predicted octanol–water partition coefficient (Wildman–Crippen LogP) is 6.81. The Bertz CT molecular complexity index is 2290. The largest absolute Gasteiger partial charge is 0.346 e. The third-order valence-corrected chi connectivity index (χ3v) is 10.9. The molecule has 58 heavy (non-hydrogen) atoms. The van der Waals surface area contributed by atoms with Crippen molar-refractivity contribution in [1.29, 1.82) is 0 Å². The molecule has 4 atom stereocenters. The zero-order chi connectivity index (χ0) is 41.0. The minimum atomic E-state index is -0.550. The monoisotopic (exact) mass is 820 g/mol. The number of carbonyl (C=O) groups is 3. The summed E-state index contributed by atoms with van der Waals surface area (Å²) in [5.74, 6) is 0.365. The number of nitrogens with zero attached hydrogens (tertiary/aromatic N) is 8. The van der Waals surface area contributed by atoms with Gasteiger partial charge in [-0.05, 0) is 143 Å². The number of benzene rings is 4. The number of hydrogen-bond acceptors (Lipinski definition) is 10. The summed E-state index contributed by atoms with van der Waals surface area (Å²) in [4.78, 5) is 37.6. The molecule has 7 rings (SSSR count). The number of aryl methyl sites for hydroxylation is 2. The van der Waals surface area contributed by atoms with Gasteiger partial charge in [-0.15, -0.1) is 10.2 Å². The van der Waals surface area contributed by atoms with E-state index >= 15 is 0 Å². The first-order valence-electron chi connectivity index (χ1n) is 19.3. The van der Waals surface area contributed by atoms with Gasteiger partial charge < -0.3 is 11.1 Å². The van der Waals surface area contributed by atoms with Crippen LogP contribution in [0.4, 0.5) is 0 Å². The Hall–Kier alpha value is -5.63. The number of ketones is 2. The van der Waals surface area contributed by atoms with Crippen LogP contribution in [0.5, 0.6) is 0 Å². The molecule has 0 aliphatic heterocycles. The van der Waals surface area contributed by atoms with Gasteiger partial charge in [0.15, 0.2) is 5.78 Å². The molecule has 0 bridgehead atoms. The van der Waals surface area contributed by atoms with Crippen molar-refractivity contribution >= 4 is 40.7 Å². The minimum absolute atomic E-state index is 0.0163. The SMILES string of the molecule is C[C@H](N)C(=O)CCc1cc(Cl)ccc1-n1cnnn1.C[C@H](NC(=O)[C@@H]1CC[C@@H](Cc2ccccc2-c2ccccc2)C1)C(=O)CCc1cc(Cl)ccc1-n1cnnn1. The van der Waals surface area contributed by atoms with Gasteiger partial charge in [0, 0.05) is 28.8 Å². The lowest BCUT2D eigenvalue weighted by atomic mass is 9.91. The molecule has 3 N–H and O–H groups in total. The zero-order valence-electron chi connectivity index (χ0n) is 32.4. The molecule has 1 fully saturated rings. The maximum Gasteiger partial charge on any atom is 0.223 e. The summed E-state index contributed by atoms with van der Waals surface area (Å²) in [6.07, 6.45) is 8.33. The van der Waals surface area contributed by atoms with Crippen LogP contribution in [0.25, 0.3) is 22.5 Å². The quantitative estimate of drug-likeness (QED) is 0.112. The van der Waals surface area contributed by atoms with E-state index in [1.165, 1.54) is 29.3 Å². The lowest BCUT2D eigenvalue weighted by Gasteiger charge is -2.18. The average Bonchev–Trinajstić information content (AvgIpc) is 4.05. The standard InChI is InChI=1S/C31H32ClN5O2.C12H14ClN5O/c1-21(30(38)16-13-25-19-27(32)14-15-29(25)37-20-33-35-36-37)34-31(39)26-12-11-22(18-26)17-24-9-5-6-10-28(24)23-7-3-2-4-8-23;1-8(14)12(19)5-2-9-6-10(13)3-4-11(9)18-7-15-16-17-18/h2-10,14-15,19-22,26H,11-13,16-18H2,1H3,(H,34,39);3-4,6-8H,2,5,14H2,1H3/t21-,22-,26+;8-/m00/s1. The van der Waals surface area contributed by atoms with Crippen LogP contribution in [0.1, 0.15) is 62.6 Å². The lowest BCUT2D eigenvalue weighted by molar-refractivity contribution is -0.129. The maximum absolute atomic E-state index is 13.1. The number of amides is 1. The summed E-state index contributed by atoms with van der Waals surface area (Å²) in [5.41, 5.74) is 12.7. The van der Waals surface area contributed by atoms with Crippen LogP contribution >= 0.6 is 23.2 Å². The van der Waals surface area contributed by atoms with E-state index in [4.69, 9.17) is 28.9 Å². The number of carbonyl (C=O) groups excluding carboxylic acids is 3. The van der Waals surface area contributed by atoms with Crippen molar-refractivity contribution in [1.82, 2.24) is 45.7 Å². The van der Waals surface area contributed by atoms with E-state index in [1.54, 1.807) is 35.3 Å². The minimum Gasteiger partial charge on any atom is -0.346 e. The van der Waals surface area contributed by atoms with E-state index in [9.17, 15) is 14.4 Å². The Kier molecular flexibility index (Phi) is 14.6. The molecule has 15 heteroatoms. The molecule has 13 nitrogen and oxygen atoms in total. The van der Waals surface area contributed by atoms with Crippen molar-refractivity contribution in [3.63, 3.8) is 0 Å². The lowest BCUT2D eigenvalue weighted by Crippen LogP contribution is -2.41. The second kappa shape index (κ2) is 20.2. The second-order valence-electron chi connectivity index (χ2n) is 14.6.